The first-order valence-electron chi connectivity index (χ1n) is 9.52. The third-order valence-corrected chi connectivity index (χ3v) is 4.29. The number of carbonyl (C=O) groups excluding carboxylic acids is 3. The van der Waals surface area contributed by atoms with Gasteiger partial charge in [-0.25, -0.2) is 5.43 Å². The summed E-state index contributed by atoms with van der Waals surface area (Å²) in [5.74, 6) is -2.90. The van der Waals surface area contributed by atoms with E-state index >= 15 is 0 Å². The molecule has 0 spiro atoms. The summed E-state index contributed by atoms with van der Waals surface area (Å²) in [6.07, 6.45) is -3.82. The van der Waals surface area contributed by atoms with Crippen LogP contribution in [0.25, 0.3) is 0 Å². The molecule has 0 saturated heterocycles. The van der Waals surface area contributed by atoms with Crippen LogP contribution in [0, 0.1) is 0 Å². The van der Waals surface area contributed by atoms with E-state index in [1.165, 1.54) is 30.3 Å². The number of nitrogens with one attached hydrogen (secondary N) is 3. The van der Waals surface area contributed by atoms with E-state index in [4.69, 9.17) is 0 Å². The van der Waals surface area contributed by atoms with Gasteiger partial charge in [-0.15, -0.1) is 0 Å². The van der Waals surface area contributed by atoms with Gasteiger partial charge in [-0.1, -0.05) is 48.5 Å². The van der Waals surface area contributed by atoms with Crippen LogP contribution < -0.4 is 16.1 Å². The van der Waals surface area contributed by atoms with Gasteiger partial charge >= 0.3 is 18.0 Å². The number of rotatable bonds is 5. The molecule has 0 aliphatic carbocycles. The third-order valence-electron chi connectivity index (χ3n) is 4.29. The second-order valence-corrected chi connectivity index (χ2v) is 6.60. The van der Waals surface area contributed by atoms with Crippen molar-refractivity contribution in [2.24, 2.45) is 5.10 Å². The predicted molar refractivity (Wildman–Crippen MR) is 117 cm³/mol. The van der Waals surface area contributed by atoms with E-state index in [9.17, 15) is 27.6 Å². The second kappa shape index (κ2) is 10.2. The van der Waals surface area contributed by atoms with Crippen molar-refractivity contribution >= 4 is 35.3 Å². The first-order valence-corrected chi connectivity index (χ1v) is 9.52. The molecule has 33 heavy (non-hydrogen) atoms. The molecule has 168 valence electrons. The normalized spacial score (nSPS) is 11.1. The molecule has 0 heterocycles. The zero-order valence-corrected chi connectivity index (χ0v) is 16.9. The molecule has 0 fully saturated rings. The first kappa shape index (κ1) is 23.2. The van der Waals surface area contributed by atoms with Gasteiger partial charge in [0.15, 0.2) is 0 Å². The highest BCUT2D eigenvalue weighted by Crippen LogP contribution is 2.31. The molecule has 3 aromatic carbocycles. The number of anilines is 2. The Morgan fingerprint density at radius 1 is 0.758 bits per heavy atom. The Morgan fingerprint density at radius 2 is 1.39 bits per heavy atom. The van der Waals surface area contributed by atoms with Gasteiger partial charge in [-0.2, -0.15) is 18.3 Å². The number of hydrazone groups is 1. The average molecular weight is 454 g/mol. The number of alkyl halides is 3. The molecule has 3 N–H and O–H groups in total. The fraction of sp³-hybridized carbons (Fsp3) is 0.0435. The van der Waals surface area contributed by atoms with Crippen molar-refractivity contribution in [2.75, 3.05) is 10.6 Å². The lowest BCUT2D eigenvalue weighted by Crippen LogP contribution is -2.33. The monoisotopic (exact) mass is 454 g/mol. The van der Waals surface area contributed by atoms with Crippen LogP contribution in [-0.2, 0) is 15.8 Å². The van der Waals surface area contributed by atoms with Gasteiger partial charge in [0.2, 0.25) is 0 Å². The summed E-state index contributed by atoms with van der Waals surface area (Å²) < 4.78 is 39.0. The highest BCUT2D eigenvalue weighted by atomic mass is 19.4. The molecule has 0 aromatic heterocycles. The molecule has 0 aliphatic rings. The second-order valence-electron chi connectivity index (χ2n) is 6.60. The van der Waals surface area contributed by atoms with Crippen LogP contribution in [0.4, 0.5) is 24.5 Å². The highest BCUT2D eigenvalue weighted by molar-refractivity contribution is 6.40. The van der Waals surface area contributed by atoms with E-state index in [0.29, 0.717) is 5.69 Å². The Balaban J connectivity index is 1.66. The standard InChI is InChI=1S/C23H17F3N4O3/c24-23(25,26)18-12-6-4-8-15(18)14-27-30-22(33)21(32)29-19-13-7-5-11-17(19)20(31)28-16-9-2-1-3-10-16/h1-14H,(H,28,31)(H,29,32)(H,30,33)/b27-14-. The topological polar surface area (TPSA) is 99.7 Å². The average Bonchev–Trinajstić information content (AvgIpc) is 2.79. The zero-order chi connectivity index (χ0) is 23.8. The molecule has 0 unspecified atom stereocenters. The van der Waals surface area contributed by atoms with E-state index < -0.39 is 29.5 Å². The summed E-state index contributed by atoms with van der Waals surface area (Å²) in [5, 5.41) is 8.39. The van der Waals surface area contributed by atoms with Crippen molar-refractivity contribution < 1.29 is 27.6 Å². The predicted octanol–water partition coefficient (Wildman–Crippen LogP) is 4.05. The quantitative estimate of drug-likeness (QED) is 0.308. The Kier molecular flexibility index (Phi) is 7.19. The lowest BCUT2D eigenvalue weighted by molar-refractivity contribution is -0.137. The molecular formula is C23H17F3N4O3. The molecule has 0 bridgehead atoms. The fourth-order valence-corrected chi connectivity index (χ4v) is 2.77. The molecule has 0 aliphatic heterocycles. The molecule has 0 atom stereocenters. The summed E-state index contributed by atoms with van der Waals surface area (Å²) in [7, 11) is 0. The van der Waals surface area contributed by atoms with Crippen molar-refractivity contribution in [1.82, 2.24) is 5.43 Å². The summed E-state index contributed by atoms with van der Waals surface area (Å²) in [5.41, 5.74) is 1.35. The van der Waals surface area contributed by atoms with Crippen molar-refractivity contribution in [3.05, 3.63) is 95.6 Å². The van der Waals surface area contributed by atoms with Crippen molar-refractivity contribution in [3.8, 4) is 0 Å². The van der Waals surface area contributed by atoms with Crippen LogP contribution in [0.2, 0.25) is 0 Å². The number of amides is 3. The van der Waals surface area contributed by atoms with Crippen molar-refractivity contribution in [3.63, 3.8) is 0 Å². The largest absolute Gasteiger partial charge is 0.417 e. The van der Waals surface area contributed by atoms with Crippen molar-refractivity contribution in [1.29, 1.82) is 0 Å². The van der Waals surface area contributed by atoms with E-state index in [-0.39, 0.29) is 16.8 Å². The number of nitrogens with zero attached hydrogens (tertiary/aromatic N) is 1. The highest BCUT2D eigenvalue weighted by Gasteiger charge is 2.32. The molecule has 3 aromatic rings. The van der Waals surface area contributed by atoms with E-state index in [2.05, 4.69) is 15.7 Å². The molecule has 0 saturated carbocycles. The van der Waals surface area contributed by atoms with Crippen LogP contribution in [0.3, 0.4) is 0 Å². The summed E-state index contributed by atoms with van der Waals surface area (Å²) in [4.78, 5) is 36.8. The number of hydrogen-bond donors (Lipinski definition) is 3. The van der Waals surface area contributed by atoms with Gasteiger partial charge < -0.3 is 10.6 Å². The zero-order valence-electron chi connectivity index (χ0n) is 16.9. The van der Waals surface area contributed by atoms with E-state index in [1.807, 2.05) is 5.43 Å². The molecule has 3 amide bonds. The number of carbonyl (C=O) groups is 3. The lowest BCUT2D eigenvalue weighted by atomic mass is 10.1. The Bertz CT molecular complexity index is 1190. The molecule has 0 radical (unpaired) electrons. The minimum absolute atomic E-state index is 0.0671. The van der Waals surface area contributed by atoms with Gasteiger partial charge in [0.25, 0.3) is 5.91 Å². The smallest absolute Gasteiger partial charge is 0.322 e. The SMILES string of the molecule is O=C(N/N=C\c1ccccc1C(F)(F)F)C(=O)Nc1ccccc1C(=O)Nc1ccccc1. The maximum absolute atomic E-state index is 13.0. The number of halogens is 3. The van der Waals surface area contributed by atoms with Crippen LogP contribution in [0.1, 0.15) is 21.5 Å². The number of benzene rings is 3. The Labute approximate surface area is 186 Å². The number of hydrogen-bond acceptors (Lipinski definition) is 4. The molecular weight excluding hydrogens is 437 g/mol. The van der Waals surface area contributed by atoms with Gasteiger partial charge in [-0.3, -0.25) is 14.4 Å². The molecule has 3 rings (SSSR count). The van der Waals surface area contributed by atoms with Gasteiger partial charge in [0, 0.05) is 11.3 Å². The van der Waals surface area contributed by atoms with Gasteiger partial charge in [-0.05, 0) is 30.3 Å². The number of para-hydroxylation sites is 2. The van der Waals surface area contributed by atoms with Crippen LogP contribution in [0.15, 0.2) is 84.0 Å². The van der Waals surface area contributed by atoms with Crippen LogP contribution in [0.5, 0.6) is 0 Å². The van der Waals surface area contributed by atoms with E-state index in [0.717, 1.165) is 12.3 Å². The minimum Gasteiger partial charge on any atom is -0.322 e. The maximum Gasteiger partial charge on any atom is 0.417 e. The van der Waals surface area contributed by atoms with Crippen molar-refractivity contribution in [2.45, 2.75) is 6.18 Å². The lowest BCUT2D eigenvalue weighted by Gasteiger charge is -2.11. The minimum atomic E-state index is -4.60. The summed E-state index contributed by atoms with van der Waals surface area (Å²) in [6, 6.07) is 19.3. The fourth-order valence-electron chi connectivity index (χ4n) is 2.77. The Morgan fingerprint density at radius 3 is 2.12 bits per heavy atom. The Hall–Kier alpha value is -4.47. The molecule has 10 heteroatoms. The summed E-state index contributed by atoms with van der Waals surface area (Å²) in [6.45, 7) is 0. The molecule has 7 nitrogen and oxygen atoms in total. The van der Waals surface area contributed by atoms with Crippen LogP contribution in [-0.4, -0.2) is 23.9 Å². The van der Waals surface area contributed by atoms with Gasteiger partial charge in [0.1, 0.15) is 0 Å². The summed E-state index contributed by atoms with van der Waals surface area (Å²) >= 11 is 0. The first-order chi connectivity index (χ1) is 15.8. The maximum atomic E-state index is 13.0. The van der Waals surface area contributed by atoms with E-state index in [1.54, 1.807) is 42.5 Å². The van der Waals surface area contributed by atoms with Gasteiger partial charge in [0.05, 0.1) is 23.0 Å². The third kappa shape index (κ3) is 6.26. The van der Waals surface area contributed by atoms with Crippen LogP contribution >= 0.6 is 0 Å².